The molecule has 1 aliphatic heterocycles. The van der Waals surface area contributed by atoms with Gasteiger partial charge in [0.05, 0.1) is 19.2 Å². The summed E-state index contributed by atoms with van der Waals surface area (Å²) in [7, 11) is 1.50. The fraction of sp³-hybridized carbons (Fsp3) is 0.471. The Kier molecular flexibility index (Phi) is 5.20. The first-order valence-corrected chi connectivity index (χ1v) is 8.10. The second-order valence-electron chi connectivity index (χ2n) is 6.01. The number of aromatic nitrogens is 3. The summed E-state index contributed by atoms with van der Waals surface area (Å²) in [6.07, 6.45) is 4.96. The van der Waals surface area contributed by atoms with Gasteiger partial charge in [-0.05, 0) is 37.6 Å². The van der Waals surface area contributed by atoms with Crippen molar-refractivity contribution in [3.05, 3.63) is 42.2 Å². The van der Waals surface area contributed by atoms with Crippen molar-refractivity contribution in [3.8, 4) is 5.75 Å². The number of ether oxygens (including phenoxy) is 1. The lowest BCUT2D eigenvalue weighted by molar-refractivity contribution is 0.0811. The molecule has 1 saturated heterocycles. The molecule has 0 radical (unpaired) electrons. The number of hydrogen-bond acceptors (Lipinski definition) is 5. The van der Waals surface area contributed by atoms with Gasteiger partial charge < -0.3 is 9.64 Å². The molecule has 1 aromatic heterocycles. The summed E-state index contributed by atoms with van der Waals surface area (Å²) < 4.78 is 20.5. The fourth-order valence-corrected chi connectivity index (χ4v) is 3.16. The number of rotatable bonds is 6. The standard InChI is InChI=1S/C17H21FN4O2/c1-24-16-5-4-14(18)9-15(16)17(23)13-3-2-6-21(10-13)7-8-22-12-19-11-20-22/h4-5,9,11-13H,2-3,6-8,10H2,1H3. The van der Waals surface area contributed by atoms with Gasteiger partial charge in [-0.3, -0.25) is 9.48 Å². The van der Waals surface area contributed by atoms with Crippen molar-refractivity contribution < 1.29 is 13.9 Å². The van der Waals surface area contributed by atoms with E-state index < -0.39 is 5.82 Å². The molecule has 1 atom stereocenters. The van der Waals surface area contributed by atoms with E-state index in [1.807, 2.05) is 0 Å². The second kappa shape index (κ2) is 7.53. The maximum Gasteiger partial charge on any atom is 0.171 e. The minimum Gasteiger partial charge on any atom is -0.496 e. The van der Waals surface area contributed by atoms with Crippen LogP contribution in [0.1, 0.15) is 23.2 Å². The molecule has 0 aliphatic carbocycles. The van der Waals surface area contributed by atoms with Gasteiger partial charge in [0.25, 0.3) is 0 Å². The van der Waals surface area contributed by atoms with E-state index in [9.17, 15) is 9.18 Å². The van der Waals surface area contributed by atoms with Gasteiger partial charge >= 0.3 is 0 Å². The Hall–Kier alpha value is -2.28. The number of halogens is 1. The SMILES string of the molecule is COc1ccc(F)cc1C(=O)C1CCCN(CCn2cncn2)C1. The average molecular weight is 332 g/mol. The van der Waals surface area contributed by atoms with Gasteiger partial charge in [0.1, 0.15) is 24.2 Å². The molecule has 0 spiro atoms. The summed E-state index contributed by atoms with van der Waals surface area (Å²) in [5.41, 5.74) is 0.334. The van der Waals surface area contributed by atoms with Crippen LogP contribution in [0.5, 0.6) is 5.75 Å². The fourth-order valence-electron chi connectivity index (χ4n) is 3.16. The summed E-state index contributed by atoms with van der Waals surface area (Å²) in [6, 6.07) is 4.09. The number of benzene rings is 1. The molecule has 0 bridgehead atoms. The number of likely N-dealkylation sites (tertiary alicyclic amines) is 1. The van der Waals surface area contributed by atoms with Crippen LogP contribution in [0.25, 0.3) is 0 Å². The van der Waals surface area contributed by atoms with E-state index in [1.165, 1.54) is 31.6 Å². The first-order chi connectivity index (χ1) is 11.7. The number of hydrogen-bond donors (Lipinski definition) is 0. The number of carbonyl (C=O) groups excluding carboxylic acids is 1. The highest BCUT2D eigenvalue weighted by molar-refractivity contribution is 6.00. The van der Waals surface area contributed by atoms with E-state index in [1.54, 1.807) is 11.0 Å². The minimum atomic E-state index is -0.419. The molecule has 2 aromatic rings. The molecule has 1 aliphatic rings. The lowest BCUT2D eigenvalue weighted by Crippen LogP contribution is -2.40. The first-order valence-electron chi connectivity index (χ1n) is 8.10. The topological polar surface area (TPSA) is 60.2 Å². The smallest absolute Gasteiger partial charge is 0.171 e. The predicted molar refractivity (Wildman–Crippen MR) is 86.5 cm³/mol. The van der Waals surface area contributed by atoms with Gasteiger partial charge in [0, 0.05) is 19.0 Å². The Labute approximate surface area is 140 Å². The molecule has 1 unspecified atom stereocenters. The molecular weight excluding hydrogens is 311 g/mol. The lowest BCUT2D eigenvalue weighted by Gasteiger charge is -2.32. The highest BCUT2D eigenvalue weighted by atomic mass is 19.1. The zero-order valence-electron chi connectivity index (χ0n) is 13.7. The third kappa shape index (κ3) is 3.79. The number of piperidine rings is 1. The molecule has 7 heteroatoms. The largest absolute Gasteiger partial charge is 0.496 e. The highest BCUT2D eigenvalue weighted by Gasteiger charge is 2.28. The highest BCUT2D eigenvalue weighted by Crippen LogP contribution is 2.27. The number of ketones is 1. The van der Waals surface area contributed by atoms with Crippen LogP contribution in [-0.2, 0) is 6.54 Å². The summed E-state index contributed by atoms with van der Waals surface area (Å²) in [5.74, 6) is -0.166. The molecule has 1 aromatic carbocycles. The quantitative estimate of drug-likeness (QED) is 0.758. The van der Waals surface area contributed by atoms with Crippen molar-refractivity contribution in [1.29, 1.82) is 0 Å². The van der Waals surface area contributed by atoms with Crippen LogP contribution < -0.4 is 4.74 Å². The zero-order valence-corrected chi connectivity index (χ0v) is 13.7. The maximum absolute atomic E-state index is 13.5. The maximum atomic E-state index is 13.5. The van der Waals surface area contributed by atoms with Crippen molar-refractivity contribution in [2.24, 2.45) is 5.92 Å². The molecule has 2 heterocycles. The number of carbonyl (C=O) groups is 1. The van der Waals surface area contributed by atoms with Crippen molar-refractivity contribution in [1.82, 2.24) is 19.7 Å². The third-order valence-electron chi connectivity index (χ3n) is 4.42. The Morgan fingerprint density at radius 2 is 2.29 bits per heavy atom. The van der Waals surface area contributed by atoms with E-state index in [4.69, 9.17) is 4.74 Å². The zero-order chi connectivity index (χ0) is 16.9. The van der Waals surface area contributed by atoms with Crippen molar-refractivity contribution in [2.75, 3.05) is 26.7 Å². The number of Topliss-reactive ketones (excluding diaryl/α,β-unsaturated/α-hetero) is 1. The molecule has 128 valence electrons. The summed E-state index contributed by atoms with van der Waals surface area (Å²) in [6.45, 7) is 3.18. The number of methoxy groups -OCH3 is 1. The second-order valence-corrected chi connectivity index (χ2v) is 6.01. The summed E-state index contributed by atoms with van der Waals surface area (Å²) in [5, 5.41) is 4.09. The Morgan fingerprint density at radius 1 is 1.42 bits per heavy atom. The Bertz CT molecular complexity index is 690. The van der Waals surface area contributed by atoms with Crippen molar-refractivity contribution in [3.63, 3.8) is 0 Å². The van der Waals surface area contributed by atoms with Gasteiger partial charge in [-0.25, -0.2) is 9.37 Å². The van der Waals surface area contributed by atoms with E-state index in [2.05, 4.69) is 15.0 Å². The lowest BCUT2D eigenvalue weighted by atomic mass is 9.89. The molecule has 1 fully saturated rings. The van der Waals surface area contributed by atoms with Crippen LogP contribution in [0.15, 0.2) is 30.9 Å². The average Bonchev–Trinajstić information content (AvgIpc) is 3.13. The van der Waals surface area contributed by atoms with Gasteiger partial charge in [0.2, 0.25) is 0 Å². The van der Waals surface area contributed by atoms with Crippen LogP contribution in [0.3, 0.4) is 0 Å². The van der Waals surface area contributed by atoms with Crippen molar-refractivity contribution >= 4 is 5.78 Å². The normalized spacial score (nSPS) is 18.5. The monoisotopic (exact) mass is 332 g/mol. The van der Waals surface area contributed by atoms with E-state index in [-0.39, 0.29) is 11.7 Å². The molecule has 0 N–H and O–H groups in total. The molecule has 0 amide bonds. The predicted octanol–water partition coefficient (Wildman–Crippen LogP) is 2.02. The Balaban J connectivity index is 1.65. The van der Waals surface area contributed by atoms with Crippen molar-refractivity contribution in [2.45, 2.75) is 19.4 Å². The van der Waals surface area contributed by atoms with Gasteiger partial charge in [-0.1, -0.05) is 0 Å². The van der Waals surface area contributed by atoms with Crippen LogP contribution >= 0.6 is 0 Å². The van der Waals surface area contributed by atoms with Gasteiger partial charge in [0.15, 0.2) is 5.78 Å². The Morgan fingerprint density at radius 3 is 3.04 bits per heavy atom. The first kappa shape index (κ1) is 16.6. The minimum absolute atomic E-state index is 0.0446. The molecule has 3 rings (SSSR count). The van der Waals surface area contributed by atoms with Crippen LogP contribution in [0.4, 0.5) is 4.39 Å². The van der Waals surface area contributed by atoms with E-state index in [0.29, 0.717) is 17.9 Å². The number of nitrogens with zero attached hydrogens (tertiary/aromatic N) is 4. The summed E-state index contributed by atoms with van der Waals surface area (Å²) in [4.78, 5) is 19.0. The van der Waals surface area contributed by atoms with Gasteiger partial charge in [-0.15, -0.1) is 0 Å². The molecule has 24 heavy (non-hydrogen) atoms. The molecule has 0 saturated carbocycles. The van der Waals surface area contributed by atoms with Crippen LogP contribution in [0, 0.1) is 11.7 Å². The van der Waals surface area contributed by atoms with Crippen LogP contribution in [-0.4, -0.2) is 52.2 Å². The summed E-state index contributed by atoms with van der Waals surface area (Å²) >= 11 is 0. The third-order valence-corrected chi connectivity index (χ3v) is 4.42. The molecule has 6 nitrogen and oxygen atoms in total. The van der Waals surface area contributed by atoms with Gasteiger partial charge in [-0.2, -0.15) is 5.10 Å². The van der Waals surface area contributed by atoms with E-state index in [0.717, 1.165) is 32.5 Å². The van der Waals surface area contributed by atoms with Crippen LogP contribution in [0.2, 0.25) is 0 Å². The van der Waals surface area contributed by atoms with E-state index >= 15 is 0 Å². The molecular formula is C17H21FN4O2.